The van der Waals surface area contributed by atoms with Crippen molar-refractivity contribution < 1.29 is 19.4 Å². The fourth-order valence-corrected chi connectivity index (χ4v) is 2.14. The molecule has 0 amide bonds. The summed E-state index contributed by atoms with van der Waals surface area (Å²) in [6, 6.07) is 4.55. The Kier molecular flexibility index (Phi) is 5.41. The van der Waals surface area contributed by atoms with Crippen molar-refractivity contribution in [3.8, 4) is 11.5 Å². The Hall–Kier alpha value is -1.79. The Morgan fingerprint density at radius 2 is 2.05 bits per heavy atom. The molecule has 0 radical (unpaired) electrons. The van der Waals surface area contributed by atoms with Crippen LogP contribution >= 0.6 is 0 Å². The molecule has 1 heterocycles. The van der Waals surface area contributed by atoms with Crippen LogP contribution in [-0.4, -0.2) is 56.4 Å². The van der Waals surface area contributed by atoms with Crippen LogP contribution < -0.4 is 14.8 Å². The summed E-state index contributed by atoms with van der Waals surface area (Å²) < 4.78 is 11.2. The predicted molar refractivity (Wildman–Crippen MR) is 79.0 cm³/mol. The van der Waals surface area contributed by atoms with E-state index in [4.69, 9.17) is 9.47 Å². The highest BCUT2D eigenvalue weighted by Gasteiger charge is 2.21. The number of ether oxygens (including phenoxy) is 2. The van der Waals surface area contributed by atoms with E-state index in [0.29, 0.717) is 36.8 Å². The summed E-state index contributed by atoms with van der Waals surface area (Å²) in [5, 5.41) is 12.5. The van der Waals surface area contributed by atoms with Gasteiger partial charge in [0.25, 0.3) is 0 Å². The Labute approximate surface area is 124 Å². The number of carbonyl (C=O) groups is 1. The maximum absolute atomic E-state index is 11.5. The van der Waals surface area contributed by atoms with Crippen LogP contribution in [-0.2, 0) is 4.79 Å². The molecule has 0 aliphatic carbocycles. The Bertz CT molecular complexity index is 491. The van der Waals surface area contributed by atoms with E-state index in [1.165, 1.54) is 0 Å². The van der Waals surface area contributed by atoms with Gasteiger partial charge in [0.1, 0.15) is 6.04 Å². The van der Waals surface area contributed by atoms with Crippen LogP contribution in [0, 0.1) is 0 Å². The topological polar surface area (TPSA) is 71.0 Å². The minimum absolute atomic E-state index is 0.586. The Morgan fingerprint density at radius 3 is 2.71 bits per heavy atom. The summed E-state index contributed by atoms with van der Waals surface area (Å²) in [5.74, 6) is 0.391. The number of likely N-dealkylation sites (N-methyl/N-ethyl adjacent to an activating group) is 1. The largest absolute Gasteiger partial charge is 0.490 e. The molecular formula is C15H22N2O4. The van der Waals surface area contributed by atoms with Crippen molar-refractivity contribution in [1.29, 1.82) is 0 Å². The number of benzene rings is 1. The van der Waals surface area contributed by atoms with Gasteiger partial charge in [0.05, 0.1) is 13.2 Å². The summed E-state index contributed by atoms with van der Waals surface area (Å²) in [5.41, 5.74) is 0.672. The van der Waals surface area contributed by atoms with Gasteiger partial charge in [-0.2, -0.15) is 0 Å². The fraction of sp³-hybridized carbons (Fsp3) is 0.533. The van der Waals surface area contributed by atoms with Crippen molar-refractivity contribution in [2.24, 2.45) is 0 Å². The first-order valence-corrected chi connectivity index (χ1v) is 7.08. The number of rotatable bonds is 6. The second-order valence-corrected chi connectivity index (χ2v) is 5.29. The zero-order chi connectivity index (χ0) is 15.2. The van der Waals surface area contributed by atoms with Crippen molar-refractivity contribution in [2.45, 2.75) is 12.5 Å². The molecule has 1 aliphatic heterocycles. The van der Waals surface area contributed by atoms with Crippen molar-refractivity contribution in [2.75, 3.05) is 40.4 Å². The van der Waals surface area contributed by atoms with Gasteiger partial charge in [0.15, 0.2) is 11.5 Å². The standard InChI is InChI=1S/C15H22N2O4/c1-17(2)7-6-16-14(15(18)19)11-4-5-12-13(10-11)21-9-3-8-20-12/h4-5,10,14,16H,3,6-9H2,1-2H3,(H,18,19). The zero-order valence-electron chi connectivity index (χ0n) is 12.5. The molecule has 0 aromatic heterocycles. The van der Waals surface area contributed by atoms with E-state index in [9.17, 15) is 9.90 Å². The minimum Gasteiger partial charge on any atom is -0.490 e. The maximum Gasteiger partial charge on any atom is 0.325 e. The summed E-state index contributed by atoms with van der Waals surface area (Å²) in [7, 11) is 3.90. The monoisotopic (exact) mass is 294 g/mol. The van der Waals surface area contributed by atoms with Crippen LogP contribution in [0.3, 0.4) is 0 Å². The lowest BCUT2D eigenvalue weighted by molar-refractivity contribution is -0.139. The molecule has 1 aliphatic rings. The fourth-order valence-electron chi connectivity index (χ4n) is 2.14. The first kappa shape index (κ1) is 15.6. The minimum atomic E-state index is -0.900. The highest BCUT2D eigenvalue weighted by molar-refractivity contribution is 5.76. The summed E-state index contributed by atoms with van der Waals surface area (Å²) >= 11 is 0. The third-order valence-electron chi connectivity index (χ3n) is 3.26. The van der Waals surface area contributed by atoms with Gasteiger partial charge in [-0.15, -0.1) is 0 Å². The summed E-state index contributed by atoms with van der Waals surface area (Å²) in [4.78, 5) is 13.5. The SMILES string of the molecule is CN(C)CCNC(C(=O)O)c1ccc2c(c1)OCCCO2. The van der Waals surface area contributed by atoms with Gasteiger partial charge in [-0.1, -0.05) is 6.07 Å². The molecule has 6 heteroatoms. The van der Waals surface area contributed by atoms with E-state index < -0.39 is 12.0 Å². The molecule has 1 atom stereocenters. The second kappa shape index (κ2) is 7.28. The lowest BCUT2D eigenvalue weighted by atomic mass is 10.1. The number of nitrogens with one attached hydrogen (secondary N) is 1. The number of hydrogen-bond donors (Lipinski definition) is 2. The van der Waals surface area contributed by atoms with Crippen LogP contribution in [0.25, 0.3) is 0 Å². The molecule has 0 spiro atoms. The van der Waals surface area contributed by atoms with E-state index in [0.717, 1.165) is 13.0 Å². The van der Waals surface area contributed by atoms with E-state index in [1.54, 1.807) is 18.2 Å². The first-order valence-electron chi connectivity index (χ1n) is 7.08. The van der Waals surface area contributed by atoms with E-state index >= 15 is 0 Å². The molecule has 0 saturated carbocycles. The van der Waals surface area contributed by atoms with Crippen LogP contribution in [0.1, 0.15) is 18.0 Å². The third-order valence-corrected chi connectivity index (χ3v) is 3.26. The number of carboxylic acid groups (broad SMARTS) is 1. The molecule has 1 unspecified atom stereocenters. The van der Waals surface area contributed by atoms with E-state index in [-0.39, 0.29) is 0 Å². The highest BCUT2D eigenvalue weighted by Crippen LogP contribution is 2.32. The predicted octanol–water partition coefficient (Wildman–Crippen LogP) is 1.12. The third kappa shape index (κ3) is 4.34. The van der Waals surface area contributed by atoms with Gasteiger partial charge in [-0.05, 0) is 31.8 Å². The van der Waals surface area contributed by atoms with E-state index in [2.05, 4.69) is 5.32 Å². The second-order valence-electron chi connectivity index (χ2n) is 5.29. The smallest absolute Gasteiger partial charge is 0.325 e. The molecule has 1 aromatic rings. The highest BCUT2D eigenvalue weighted by atomic mass is 16.5. The van der Waals surface area contributed by atoms with Crippen LogP contribution in [0.15, 0.2) is 18.2 Å². The van der Waals surface area contributed by atoms with Gasteiger partial charge in [0, 0.05) is 19.5 Å². The van der Waals surface area contributed by atoms with Crippen molar-refractivity contribution >= 4 is 5.97 Å². The average Bonchev–Trinajstić information content (AvgIpc) is 2.67. The van der Waals surface area contributed by atoms with E-state index in [1.807, 2.05) is 19.0 Å². The molecular weight excluding hydrogens is 272 g/mol. The first-order chi connectivity index (χ1) is 10.1. The Balaban J connectivity index is 2.12. The maximum atomic E-state index is 11.5. The molecule has 0 saturated heterocycles. The van der Waals surface area contributed by atoms with Crippen molar-refractivity contribution in [3.05, 3.63) is 23.8 Å². The molecule has 21 heavy (non-hydrogen) atoms. The number of aliphatic carboxylic acids is 1. The molecule has 0 fully saturated rings. The summed E-state index contributed by atoms with van der Waals surface area (Å²) in [6.45, 7) is 2.57. The number of hydrogen-bond acceptors (Lipinski definition) is 5. The molecule has 1 aromatic carbocycles. The zero-order valence-corrected chi connectivity index (χ0v) is 12.5. The van der Waals surface area contributed by atoms with Crippen LogP contribution in [0.2, 0.25) is 0 Å². The van der Waals surface area contributed by atoms with Crippen LogP contribution in [0.4, 0.5) is 0 Å². The number of fused-ring (bicyclic) bond motifs is 1. The lowest BCUT2D eigenvalue weighted by Gasteiger charge is -2.18. The normalized spacial score (nSPS) is 15.6. The molecule has 2 rings (SSSR count). The van der Waals surface area contributed by atoms with Crippen molar-refractivity contribution in [1.82, 2.24) is 10.2 Å². The molecule has 0 bridgehead atoms. The Morgan fingerprint density at radius 1 is 1.33 bits per heavy atom. The van der Waals surface area contributed by atoms with Crippen LogP contribution in [0.5, 0.6) is 11.5 Å². The molecule has 2 N–H and O–H groups in total. The number of carboxylic acids is 1. The van der Waals surface area contributed by atoms with Gasteiger partial charge in [-0.25, -0.2) is 0 Å². The van der Waals surface area contributed by atoms with Gasteiger partial charge >= 0.3 is 5.97 Å². The molecule has 116 valence electrons. The van der Waals surface area contributed by atoms with Gasteiger partial charge in [0.2, 0.25) is 0 Å². The summed E-state index contributed by atoms with van der Waals surface area (Å²) in [6.07, 6.45) is 0.827. The quantitative estimate of drug-likeness (QED) is 0.819. The average molecular weight is 294 g/mol. The molecule has 6 nitrogen and oxygen atoms in total. The lowest BCUT2D eigenvalue weighted by Crippen LogP contribution is -2.33. The van der Waals surface area contributed by atoms with Crippen molar-refractivity contribution in [3.63, 3.8) is 0 Å². The number of nitrogens with zero attached hydrogens (tertiary/aromatic N) is 1. The van der Waals surface area contributed by atoms with Gasteiger partial charge < -0.3 is 19.5 Å². The van der Waals surface area contributed by atoms with Gasteiger partial charge in [-0.3, -0.25) is 10.1 Å².